The summed E-state index contributed by atoms with van der Waals surface area (Å²) < 4.78 is 13.3. The molecule has 0 saturated carbocycles. The third-order valence-corrected chi connectivity index (χ3v) is 4.47. The van der Waals surface area contributed by atoms with Crippen LogP contribution >= 0.6 is 0 Å². The number of pyridine rings is 1. The molecule has 2 N–H and O–H groups in total. The van der Waals surface area contributed by atoms with Gasteiger partial charge in [-0.15, -0.1) is 0 Å². The van der Waals surface area contributed by atoms with Gasteiger partial charge in [0.15, 0.2) is 0 Å². The lowest BCUT2D eigenvalue weighted by Gasteiger charge is -2.17. The number of halogens is 1. The molecule has 2 aromatic carbocycles. The zero-order valence-corrected chi connectivity index (χ0v) is 15.8. The van der Waals surface area contributed by atoms with Gasteiger partial charge >= 0.3 is 0 Å². The van der Waals surface area contributed by atoms with Crippen molar-refractivity contribution in [2.24, 2.45) is 0 Å². The first kappa shape index (κ1) is 20.2. The molecule has 3 rings (SSSR count). The average Bonchev–Trinajstić information content (AvgIpc) is 2.77. The highest BCUT2D eigenvalue weighted by molar-refractivity contribution is 5.94. The number of hydrogen-bond acceptors (Lipinski definition) is 3. The number of nitrogens with one attached hydrogen (secondary N) is 2. The Morgan fingerprint density at radius 3 is 2.24 bits per heavy atom. The molecule has 0 fully saturated rings. The molecule has 1 aromatic heterocycles. The molecule has 5 nitrogen and oxygen atoms in total. The summed E-state index contributed by atoms with van der Waals surface area (Å²) in [4.78, 5) is 29.1. The largest absolute Gasteiger partial charge is 0.354 e. The predicted molar refractivity (Wildman–Crippen MR) is 109 cm³/mol. The maximum absolute atomic E-state index is 13.3. The number of aromatic nitrogens is 1. The topological polar surface area (TPSA) is 71.1 Å². The van der Waals surface area contributed by atoms with E-state index in [9.17, 15) is 14.0 Å². The molecule has 0 aliphatic heterocycles. The van der Waals surface area contributed by atoms with E-state index in [2.05, 4.69) is 15.6 Å². The van der Waals surface area contributed by atoms with Crippen LogP contribution in [0.5, 0.6) is 0 Å². The first-order chi connectivity index (χ1) is 14.1. The molecule has 29 heavy (non-hydrogen) atoms. The second-order valence-corrected chi connectivity index (χ2v) is 6.54. The van der Waals surface area contributed by atoms with Gasteiger partial charge in [-0.3, -0.25) is 14.6 Å². The molecular formula is C23H22FN3O2. The van der Waals surface area contributed by atoms with Crippen LogP contribution in [0.4, 0.5) is 4.39 Å². The van der Waals surface area contributed by atoms with Gasteiger partial charge in [0.25, 0.3) is 5.91 Å². The summed E-state index contributed by atoms with van der Waals surface area (Å²) in [7, 11) is 0. The predicted octanol–water partition coefficient (Wildman–Crippen LogP) is 3.09. The van der Waals surface area contributed by atoms with Crippen molar-refractivity contribution < 1.29 is 14.0 Å². The Hall–Kier alpha value is -3.54. The fourth-order valence-corrected chi connectivity index (χ4v) is 2.96. The number of carbonyl (C=O) groups excluding carboxylic acids is 2. The summed E-state index contributed by atoms with van der Waals surface area (Å²) >= 11 is 0. The van der Waals surface area contributed by atoms with Crippen molar-refractivity contribution in [1.29, 1.82) is 0 Å². The smallest absolute Gasteiger partial charge is 0.251 e. The Bertz CT molecular complexity index is 931. The highest BCUT2D eigenvalue weighted by atomic mass is 19.1. The SMILES string of the molecule is O=C(NCCNC(=O)C(Cc1ccccn1)c1ccc(F)cc1)c1ccccc1. The summed E-state index contributed by atoms with van der Waals surface area (Å²) in [5.74, 6) is -1.25. The molecular weight excluding hydrogens is 369 g/mol. The van der Waals surface area contributed by atoms with Crippen LogP contribution in [0, 0.1) is 5.82 Å². The van der Waals surface area contributed by atoms with Crippen molar-refractivity contribution in [2.75, 3.05) is 13.1 Å². The highest BCUT2D eigenvalue weighted by Crippen LogP contribution is 2.21. The number of benzene rings is 2. The number of carbonyl (C=O) groups is 2. The lowest BCUT2D eigenvalue weighted by molar-refractivity contribution is -0.122. The van der Waals surface area contributed by atoms with Crippen molar-refractivity contribution in [3.8, 4) is 0 Å². The molecule has 3 aromatic rings. The van der Waals surface area contributed by atoms with E-state index in [-0.39, 0.29) is 24.2 Å². The van der Waals surface area contributed by atoms with Crippen LogP contribution in [0.25, 0.3) is 0 Å². The van der Waals surface area contributed by atoms with Crippen LogP contribution < -0.4 is 10.6 Å². The third kappa shape index (κ3) is 5.97. The van der Waals surface area contributed by atoms with Crippen molar-refractivity contribution in [3.05, 3.63) is 102 Å². The first-order valence-corrected chi connectivity index (χ1v) is 9.40. The minimum Gasteiger partial charge on any atom is -0.354 e. The van der Waals surface area contributed by atoms with Gasteiger partial charge in [-0.1, -0.05) is 36.4 Å². The van der Waals surface area contributed by atoms with Gasteiger partial charge in [0.2, 0.25) is 5.91 Å². The van der Waals surface area contributed by atoms with Crippen LogP contribution in [-0.4, -0.2) is 29.9 Å². The summed E-state index contributed by atoms with van der Waals surface area (Å²) in [6.45, 7) is 0.594. The molecule has 0 aliphatic carbocycles. The van der Waals surface area contributed by atoms with E-state index < -0.39 is 5.92 Å². The monoisotopic (exact) mass is 391 g/mol. The molecule has 0 radical (unpaired) electrons. The van der Waals surface area contributed by atoms with E-state index >= 15 is 0 Å². The summed E-state index contributed by atoms with van der Waals surface area (Å²) in [5, 5.41) is 5.62. The Morgan fingerprint density at radius 1 is 0.862 bits per heavy atom. The fraction of sp³-hybridized carbons (Fsp3) is 0.174. The Morgan fingerprint density at radius 2 is 1.55 bits per heavy atom. The van der Waals surface area contributed by atoms with Crippen LogP contribution in [0.2, 0.25) is 0 Å². The van der Waals surface area contributed by atoms with Gasteiger partial charge in [0.1, 0.15) is 5.82 Å². The lowest BCUT2D eigenvalue weighted by atomic mass is 9.93. The van der Waals surface area contributed by atoms with E-state index in [0.29, 0.717) is 24.1 Å². The standard InChI is InChI=1S/C23H22FN3O2/c24-19-11-9-17(10-12-19)21(16-20-8-4-5-13-25-20)23(29)27-15-14-26-22(28)18-6-2-1-3-7-18/h1-13,21H,14-16H2,(H,26,28)(H,27,29). The summed E-state index contributed by atoms with van der Waals surface area (Å²) in [6, 6.07) is 20.3. The molecule has 2 amide bonds. The Labute approximate surface area is 169 Å². The zero-order valence-electron chi connectivity index (χ0n) is 15.8. The van der Waals surface area contributed by atoms with Gasteiger partial charge in [-0.25, -0.2) is 4.39 Å². The Kier molecular flexibility index (Phi) is 7.05. The van der Waals surface area contributed by atoms with Crippen LogP contribution in [-0.2, 0) is 11.2 Å². The van der Waals surface area contributed by atoms with Crippen molar-refractivity contribution in [3.63, 3.8) is 0 Å². The van der Waals surface area contributed by atoms with Crippen LogP contribution in [0.15, 0.2) is 79.0 Å². The molecule has 0 bridgehead atoms. The Balaban J connectivity index is 1.59. The molecule has 1 atom stereocenters. The van der Waals surface area contributed by atoms with Gasteiger partial charge in [-0.05, 0) is 42.0 Å². The third-order valence-electron chi connectivity index (χ3n) is 4.47. The fourth-order valence-electron chi connectivity index (χ4n) is 2.96. The van der Waals surface area contributed by atoms with Gasteiger partial charge < -0.3 is 10.6 Å². The average molecular weight is 391 g/mol. The van der Waals surface area contributed by atoms with Gasteiger partial charge in [-0.2, -0.15) is 0 Å². The van der Waals surface area contributed by atoms with E-state index in [4.69, 9.17) is 0 Å². The molecule has 1 unspecified atom stereocenters. The van der Waals surface area contributed by atoms with E-state index in [1.54, 1.807) is 42.6 Å². The molecule has 0 spiro atoms. The normalized spacial score (nSPS) is 11.5. The van der Waals surface area contributed by atoms with E-state index in [1.165, 1.54) is 12.1 Å². The number of nitrogens with zero attached hydrogens (tertiary/aromatic N) is 1. The zero-order chi connectivity index (χ0) is 20.5. The summed E-state index contributed by atoms with van der Waals surface area (Å²) in [6.07, 6.45) is 2.07. The van der Waals surface area contributed by atoms with Crippen molar-refractivity contribution >= 4 is 11.8 Å². The van der Waals surface area contributed by atoms with Crippen molar-refractivity contribution in [2.45, 2.75) is 12.3 Å². The quantitative estimate of drug-likeness (QED) is 0.580. The molecule has 1 heterocycles. The summed E-state index contributed by atoms with van der Waals surface area (Å²) in [5.41, 5.74) is 2.05. The van der Waals surface area contributed by atoms with Gasteiger partial charge in [0.05, 0.1) is 5.92 Å². The number of amides is 2. The van der Waals surface area contributed by atoms with Crippen LogP contribution in [0.3, 0.4) is 0 Å². The second kappa shape index (κ2) is 10.1. The molecule has 148 valence electrons. The maximum Gasteiger partial charge on any atom is 0.251 e. The second-order valence-electron chi connectivity index (χ2n) is 6.54. The maximum atomic E-state index is 13.3. The number of rotatable bonds is 8. The first-order valence-electron chi connectivity index (χ1n) is 9.40. The van der Waals surface area contributed by atoms with Crippen molar-refractivity contribution in [1.82, 2.24) is 15.6 Å². The van der Waals surface area contributed by atoms with Gasteiger partial charge in [0, 0.05) is 37.0 Å². The minimum absolute atomic E-state index is 0.191. The molecule has 0 saturated heterocycles. The minimum atomic E-state index is -0.504. The molecule has 6 heteroatoms. The highest BCUT2D eigenvalue weighted by Gasteiger charge is 2.21. The number of hydrogen-bond donors (Lipinski definition) is 2. The lowest BCUT2D eigenvalue weighted by Crippen LogP contribution is -2.37. The van der Waals surface area contributed by atoms with E-state index in [0.717, 1.165) is 5.69 Å². The van der Waals surface area contributed by atoms with Crippen LogP contribution in [0.1, 0.15) is 27.5 Å². The van der Waals surface area contributed by atoms with E-state index in [1.807, 2.05) is 24.3 Å². The molecule has 0 aliphatic rings.